The van der Waals surface area contributed by atoms with Gasteiger partial charge >= 0.3 is 12.3 Å². The number of halogens is 3. The second kappa shape index (κ2) is 9.00. The van der Waals surface area contributed by atoms with E-state index < -0.39 is 36.2 Å². The van der Waals surface area contributed by atoms with Crippen molar-refractivity contribution in [3.8, 4) is 11.4 Å². The highest BCUT2D eigenvalue weighted by Gasteiger charge is 2.31. The number of hydrogen-bond donors (Lipinski definition) is 1. The summed E-state index contributed by atoms with van der Waals surface area (Å²) in [5.41, 5.74) is 0.587. The lowest BCUT2D eigenvalue weighted by molar-refractivity contribution is -0.274. The highest BCUT2D eigenvalue weighted by atomic mass is 19.4. The molecule has 1 heterocycles. The molecule has 0 aliphatic carbocycles. The standard InChI is InChI=1S/C21H18F3N3O5/c1-13-18(19(29)27(26(13)2)15-6-4-3-5-7-15)25-17(28)12-31-20(30)14-8-10-16(11-9-14)32-21(22,23)24/h3-11H,12H2,1-2H3,(H,25,28). The summed E-state index contributed by atoms with van der Waals surface area (Å²) in [5.74, 6) is -2.17. The number of esters is 1. The first kappa shape index (κ1) is 22.7. The van der Waals surface area contributed by atoms with Gasteiger partial charge in [0, 0.05) is 7.05 Å². The third-order valence-electron chi connectivity index (χ3n) is 4.48. The molecule has 0 fully saturated rings. The number of hydrogen-bond acceptors (Lipinski definition) is 5. The molecule has 0 unspecified atom stereocenters. The van der Waals surface area contributed by atoms with Gasteiger partial charge in [-0.15, -0.1) is 13.2 Å². The van der Waals surface area contributed by atoms with Crippen LogP contribution in [0.25, 0.3) is 5.69 Å². The molecule has 0 spiro atoms. The maximum atomic E-state index is 12.8. The lowest BCUT2D eigenvalue weighted by Gasteiger charge is -2.09. The molecule has 0 saturated carbocycles. The quantitative estimate of drug-likeness (QED) is 0.584. The van der Waals surface area contributed by atoms with Crippen molar-refractivity contribution >= 4 is 17.6 Å². The second-order valence-electron chi connectivity index (χ2n) is 6.63. The number of aromatic nitrogens is 2. The molecule has 0 saturated heterocycles. The van der Waals surface area contributed by atoms with Crippen LogP contribution >= 0.6 is 0 Å². The zero-order valence-electron chi connectivity index (χ0n) is 17.0. The molecule has 11 heteroatoms. The maximum absolute atomic E-state index is 12.8. The molecule has 0 bridgehead atoms. The summed E-state index contributed by atoms with van der Waals surface area (Å²) < 4.78 is 48.1. The Balaban J connectivity index is 1.64. The van der Waals surface area contributed by atoms with Crippen molar-refractivity contribution in [2.45, 2.75) is 13.3 Å². The summed E-state index contributed by atoms with van der Waals surface area (Å²) >= 11 is 0. The number of amides is 1. The Hall–Kier alpha value is -4.02. The van der Waals surface area contributed by atoms with Crippen molar-refractivity contribution in [1.82, 2.24) is 9.36 Å². The lowest BCUT2D eigenvalue weighted by Crippen LogP contribution is -2.25. The van der Waals surface area contributed by atoms with Gasteiger partial charge in [-0.25, -0.2) is 9.48 Å². The summed E-state index contributed by atoms with van der Waals surface area (Å²) in [6.45, 7) is 0.950. The van der Waals surface area contributed by atoms with E-state index in [9.17, 15) is 27.6 Å². The van der Waals surface area contributed by atoms with E-state index in [1.165, 1.54) is 4.68 Å². The van der Waals surface area contributed by atoms with Gasteiger partial charge < -0.3 is 14.8 Å². The van der Waals surface area contributed by atoms with E-state index in [1.807, 2.05) is 0 Å². The number of carbonyl (C=O) groups excluding carboxylic acids is 2. The zero-order chi connectivity index (χ0) is 23.5. The number of nitrogens with one attached hydrogen (secondary N) is 1. The van der Waals surface area contributed by atoms with Gasteiger partial charge in [-0.1, -0.05) is 18.2 Å². The monoisotopic (exact) mass is 449 g/mol. The molecule has 0 aliphatic rings. The average Bonchev–Trinajstić information content (AvgIpc) is 2.95. The third-order valence-corrected chi connectivity index (χ3v) is 4.48. The number of carbonyl (C=O) groups is 2. The van der Waals surface area contributed by atoms with Crippen LogP contribution < -0.4 is 15.6 Å². The molecule has 0 aliphatic heterocycles. The smallest absolute Gasteiger partial charge is 0.452 e. The van der Waals surface area contributed by atoms with E-state index in [0.717, 1.165) is 24.3 Å². The lowest BCUT2D eigenvalue weighted by atomic mass is 10.2. The minimum absolute atomic E-state index is 0.0334. The van der Waals surface area contributed by atoms with Crippen molar-refractivity contribution < 1.29 is 32.2 Å². The van der Waals surface area contributed by atoms with Crippen molar-refractivity contribution in [2.75, 3.05) is 11.9 Å². The molecule has 2 aromatic carbocycles. The Kier molecular flexibility index (Phi) is 6.37. The summed E-state index contributed by atoms with van der Waals surface area (Å²) in [4.78, 5) is 37.0. The minimum Gasteiger partial charge on any atom is -0.452 e. The van der Waals surface area contributed by atoms with Gasteiger partial charge in [0.25, 0.3) is 11.5 Å². The fraction of sp³-hybridized carbons (Fsp3) is 0.190. The summed E-state index contributed by atoms with van der Waals surface area (Å²) in [5, 5.41) is 2.44. The first-order valence-electron chi connectivity index (χ1n) is 9.23. The van der Waals surface area contributed by atoms with Gasteiger partial charge in [0.1, 0.15) is 11.4 Å². The van der Waals surface area contributed by atoms with Crippen molar-refractivity contribution in [3.05, 3.63) is 76.2 Å². The Morgan fingerprint density at radius 1 is 1.03 bits per heavy atom. The van der Waals surface area contributed by atoms with Gasteiger partial charge in [0.05, 0.1) is 16.9 Å². The van der Waals surface area contributed by atoms with Gasteiger partial charge in [-0.2, -0.15) is 0 Å². The SMILES string of the molecule is Cc1c(NC(=O)COC(=O)c2ccc(OC(F)(F)F)cc2)c(=O)n(-c2ccccc2)n1C. The summed E-state index contributed by atoms with van der Waals surface area (Å²) in [6.07, 6.45) is -4.85. The molecule has 1 aromatic heterocycles. The number of anilines is 1. The maximum Gasteiger partial charge on any atom is 0.573 e. The number of alkyl halides is 3. The van der Waals surface area contributed by atoms with Crippen LogP contribution in [0, 0.1) is 6.92 Å². The molecule has 3 rings (SSSR count). The first-order chi connectivity index (χ1) is 15.1. The molecule has 0 radical (unpaired) electrons. The van der Waals surface area contributed by atoms with Crippen LogP contribution in [0.5, 0.6) is 5.75 Å². The van der Waals surface area contributed by atoms with Gasteiger partial charge in [0.15, 0.2) is 6.61 Å². The van der Waals surface area contributed by atoms with Crippen LogP contribution in [0.1, 0.15) is 16.1 Å². The van der Waals surface area contributed by atoms with Crippen molar-refractivity contribution in [2.24, 2.45) is 7.05 Å². The van der Waals surface area contributed by atoms with Crippen LogP contribution in [0.15, 0.2) is 59.4 Å². The highest BCUT2D eigenvalue weighted by Crippen LogP contribution is 2.23. The number of para-hydroxylation sites is 1. The van der Waals surface area contributed by atoms with E-state index in [2.05, 4.69) is 10.1 Å². The molecule has 1 N–H and O–H groups in total. The predicted octanol–water partition coefficient (Wildman–Crippen LogP) is 3.18. The molecular formula is C21H18F3N3O5. The minimum atomic E-state index is -4.85. The molecule has 8 nitrogen and oxygen atoms in total. The molecule has 168 valence electrons. The van der Waals surface area contributed by atoms with Crippen molar-refractivity contribution in [3.63, 3.8) is 0 Å². The van der Waals surface area contributed by atoms with Crippen LogP contribution in [0.3, 0.4) is 0 Å². The number of ether oxygens (including phenoxy) is 2. The molecular weight excluding hydrogens is 431 g/mol. The van der Waals surface area contributed by atoms with E-state index in [-0.39, 0.29) is 11.3 Å². The van der Waals surface area contributed by atoms with E-state index >= 15 is 0 Å². The topological polar surface area (TPSA) is 91.6 Å². The Bertz CT molecular complexity index is 1180. The van der Waals surface area contributed by atoms with Crippen LogP contribution in [-0.4, -0.2) is 34.2 Å². The second-order valence-corrected chi connectivity index (χ2v) is 6.63. The number of nitrogens with zero attached hydrogens (tertiary/aromatic N) is 2. The van der Waals surface area contributed by atoms with Gasteiger partial charge in [0.2, 0.25) is 0 Å². The number of benzene rings is 2. The average molecular weight is 449 g/mol. The van der Waals surface area contributed by atoms with E-state index in [4.69, 9.17) is 4.74 Å². The van der Waals surface area contributed by atoms with Crippen LogP contribution in [0.4, 0.5) is 18.9 Å². The third kappa shape index (κ3) is 5.17. The van der Waals surface area contributed by atoms with Crippen LogP contribution in [-0.2, 0) is 16.6 Å². The van der Waals surface area contributed by atoms with Gasteiger partial charge in [-0.3, -0.25) is 14.3 Å². The molecule has 1 amide bonds. The highest BCUT2D eigenvalue weighted by molar-refractivity contribution is 5.95. The Morgan fingerprint density at radius 2 is 1.66 bits per heavy atom. The van der Waals surface area contributed by atoms with E-state index in [1.54, 1.807) is 49.0 Å². The first-order valence-corrected chi connectivity index (χ1v) is 9.23. The van der Waals surface area contributed by atoms with Crippen molar-refractivity contribution in [1.29, 1.82) is 0 Å². The summed E-state index contributed by atoms with van der Waals surface area (Å²) in [6, 6.07) is 12.8. The zero-order valence-corrected chi connectivity index (χ0v) is 17.0. The van der Waals surface area contributed by atoms with E-state index in [0.29, 0.717) is 11.4 Å². The fourth-order valence-electron chi connectivity index (χ4n) is 2.89. The molecule has 32 heavy (non-hydrogen) atoms. The summed E-state index contributed by atoms with van der Waals surface area (Å²) in [7, 11) is 1.66. The van der Waals surface area contributed by atoms with Crippen LogP contribution in [0.2, 0.25) is 0 Å². The Morgan fingerprint density at radius 3 is 2.25 bits per heavy atom. The largest absolute Gasteiger partial charge is 0.573 e. The number of rotatable bonds is 6. The molecule has 0 atom stereocenters. The predicted molar refractivity (Wildman–Crippen MR) is 108 cm³/mol. The Labute approximate surface area is 179 Å². The normalized spacial score (nSPS) is 11.2. The van der Waals surface area contributed by atoms with Gasteiger partial charge in [-0.05, 0) is 43.3 Å². The molecule has 3 aromatic rings. The fourth-order valence-corrected chi connectivity index (χ4v) is 2.89.